The molecule has 0 bridgehead atoms. The van der Waals surface area contributed by atoms with E-state index in [9.17, 15) is 0 Å². The second-order valence-corrected chi connectivity index (χ2v) is 5.46. The van der Waals surface area contributed by atoms with E-state index in [4.69, 9.17) is 5.73 Å². The summed E-state index contributed by atoms with van der Waals surface area (Å²) >= 11 is 0. The molecule has 1 heterocycles. The molecule has 0 spiro atoms. The Labute approximate surface area is 118 Å². The van der Waals surface area contributed by atoms with Crippen molar-refractivity contribution >= 4 is 10.9 Å². The van der Waals surface area contributed by atoms with Gasteiger partial charge in [0.1, 0.15) is 0 Å². The van der Waals surface area contributed by atoms with Crippen LogP contribution in [0.15, 0.2) is 60.8 Å². The summed E-state index contributed by atoms with van der Waals surface area (Å²) in [6, 6.07) is 18.9. The first-order valence-electron chi connectivity index (χ1n) is 7.01. The van der Waals surface area contributed by atoms with Crippen LogP contribution in [0.2, 0.25) is 0 Å². The Morgan fingerprint density at radius 1 is 1.00 bits per heavy atom. The number of nitrogens with two attached hydrogens (primary N) is 1. The van der Waals surface area contributed by atoms with E-state index < -0.39 is 0 Å². The lowest BCUT2D eigenvalue weighted by molar-refractivity contribution is 0.502. The number of aromatic nitrogens is 1. The van der Waals surface area contributed by atoms with Gasteiger partial charge in [0.2, 0.25) is 0 Å². The number of pyridine rings is 1. The third kappa shape index (κ3) is 1.65. The summed E-state index contributed by atoms with van der Waals surface area (Å²) in [4.78, 5) is 4.52. The zero-order valence-corrected chi connectivity index (χ0v) is 11.2. The fourth-order valence-electron chi connectivity index (χ4n) is 3.23. The number of benzene rings is 2. The molecule has 2 atom stereocenters. The third-order valence-corrected chi connectivity index (χ3v) is 4.35. The molecular formula is C18H16N2. The molecule has 20 heavy (non-hydrogen) atoms. The van der Waals surface area contributed by atoms with E-state index in [1.165, 1.54) is 11.1 Å². The second-order valence-electron chi connectivity index (χ2n) is 5.46. The first kappa shape index (κ1) is 11.6. The molecule has 3 aromatic rings. The topological polar surface area (TPSA) is 38.9 Å². The van der Waals surface area contributed by atoms with E-state index in [-0.39, 0.29) is 6.04 Å². The highest BCUT2D eigenvalue weighted by Crippen LogP contribution is 2.43. The van der Waals surface area contributed by atoms with E-state index in [0.717, 1.165) is 22.9 Å². The van der Waals surface area contributed by atoms with Crippen LogP contribution < -0.4 is 5.73 Å². The van der Waals surface area contributed by atoms with Crippen LogP contribution in [0, 0.1) is 0 Å². The number of hydrogen-bond acceptors (Lipinski definition) is 2. The fraction of sp³-hybridized carbons (Fsp3) is 0.167. The lowest BCUT2D eigenvalue weighted by Gasteiger charge is -2.35. The molecule has 0 fully saturated rings. The number of nitrogens with zero attached hydrogens (tertiary/aromatic N) is 1. The Balaban J connectivity index is 1.77. The first-order chi connectivity index (χ1) is 9.84. The summed E-state index contributed by atoms with van der Waals surface area (Å²) in [7, 11) is 0. The monoisotopic (exact) mass is 260 g/mol. The minimum absolute atomic E-state index is 0.0171. The maximum absolute atomic E-state index is 6.54. The largest absolute Gasteiger partial charge is 0.323 e. The zero-order valence-electron chi connectivity index (χ0n) is 11.2. The molecular weight excluding hydrogens is 244 g/mol. The Bertz CT molecular complexity index is 774. The summed E-state index contributed by atoms with van der Waals surface area (Å²) in [5.41, 5.74) is 11.6. The van der Waals surface area contributed by atoms with Gasteiger partial charge in [0.05, 0.1) is 5.52 Å². The molecule has 0 saturated carbocycles. The summed E-state index contributed by atoms with van der Waals surface area (Å²) in [5.74, 6) is 0.416. The van der Waals surface area contributed by atoms with Gasteiger partial charge >= 0.3 is 0 Å². The maximum Gasteiger partial charge on any atom is 0.0749 e. The highest BCUT2D eigenvalue weighted by molar-refractivity contribution is 5.82. The van der Waals surface area contributed by atoms with Crippen LogP contribution >= 0.6 is 0 Å². The van der Waals surface area contributed by atoms with Crippen molar-refractivity contribution in [1.82, 2.24) is 4.98 Å². The van der Waals surface area contributed by atoms with Gasteiger partial charge in [-0.3, -0.25) is 4.98 Å². The second kappa shape index (κ2) is 4.43. The molecule has 1 aliphatic rings. The van der Waals surface area contributed by atoms with Crippen molar-refractivity contribution in [3.05, 3.63) is 77.5 Å². The van der Waals surface area contributed by atoms with Gasteiger partial charge in [-0.05, 0) is 29.2 Å². The standard InChI is InChI=1S/C18H16N2/c19-17(16-11-13-5-1-2-8-14(13)16)15-9-3-6-12-7-4-10-20-18(12)15/h1-10,16-17H,11,19H2. The Kier molecular flexibility index (Phi) is 2.57. The van der Waals surface area contributed by atoms with Crippen LogP contribution in [-0.4, -0.2) is 4.98 Å². The fourth-order valence-corrected chi connectivity index (χ4v) is 3.23. The number of hydrogen-bond donors (Lipinski definition) is 1. The van der Waals surface area contributed by atoms with Gasteiger partial charge in [-0.1, -0.05) is 48.5 Å². The van der Waals surface area contributed by atoms with Crippen LogP contribution in [0.4, 0.5) is 0 Å². The molecule has 1 aliphatic carbocycles. The van der Waals surface area contributed by atoms with Gasteiger partial charge in [0, 0.05) is 23.5 Å². The van der Waals surface area contributed by atoms with E-state index in [0.29, 0.717) is 5.92 Å². The Morgan fingerprint density at radius 3 is 2.75 bits per heavy atom. The van der Waals surface area contributed by atoms with Crippen LogP contribution in [0.3, 0.4) is 0 Å². The van der Waals surface area contributed by atoms with Crippen molar-refractivity contribution in [3.8, 4) is 0 Å². The lowest BCUT2D eigenvalue weighted by Crippen LogP contribution is -2.29. The molecule has 2 heteroatoms. The minimum atomic E-state index is 0.0171. The molecule has 0 aliphatic heterocycles. The lowest BCUT2D eigenvalue weighted by atomic mass is 9.72. The van der Waals surface area contributed by atoms with Crippen LogP contribution in [0.25, 0.3) is 10.9 Å². The van der Waals surface area contributed by atoms with Crippen molar-refractivity contribution in [2.45, 2.75) is 18.4 Å². The molecule has 2 unspecified atom stereocenters. The Hall–Kier alpha value is -2.19. The predicted molar refractivity (Wildman–Crippen MR) is 81.6 cm³/mol. The molecule has 2 N–H and O–H groups in total. The maximum atomic E-state index is 6.54. The Morgan fingerprint density at radius 2 is 1.85 bits per heavy atom. The number of rotatable bonds is 2. The van der Waals surface area contributed by atoms with Crippen molar-refractivity contribution in [3.63, 3.8) is 0 Å². The van der Waals surface area contributed by atoms with Gasteiger partial charge in [-0.25, -0.2) is 0 Å². The average molecular weight is 260 g/mol. The predicted octanol–water partition coefficient (Wildman–Crippen LogP) is 3.57. The molecule has 1 aromatic heterocycles. The first-order valence-corrected chi connectivity index (χ1v) is 7.01. The quantitative estimate of drug-likeness (QED) is 0.765. The van der Waals surface area contributed by atoms with E-state index in [1.54, 1.807) is 0 Å². The number of para-hydroxylation sites is 1. The van der Waals surface area contributed by atoms with Gasteiger partial charge in [-0.15, -0.1) is 0 Å². The van der Waals surface area contributed by atoms with E-state index in [2.05, 4.69) is 53.5 Å². The SMILES string of the molecule is NC(c1cccc2cccnc12)C1Cc2ccccc21. The van der Waals surface area contributed by atoms with Gasteiger partial charge < -0.3 is 5.73 Å². The van der Waals surface area contributed by atoms with Crippen molar-refractivity contribution in [2.24, 2.45) is 5.73 Å². The molecule has 0 saturated heterocycles. The van der Waals surface area contributed by atoms with Crippen LogP contribution in [0.5, 0.6) is 0 Å². The molecule has 0 amide bonds. The van der Waals surface area contributed by atoms with Crippen LogP contribution in [-0.2, 0) is 6.42 Å². The van der Waals surface area contributed by atoms with E-state index >= 15 is 0 Å². The minimum Gasteiger partial charge on any atom is -0.323 e. The highest BCUT2D eigenvalue weighted by Gasteiger charge is 2.32. The molecule has 2 nitrogen and oxygen atoms in total. The van der Waals surface area contributed by atoms with E-state index in [1.807, 2.05) is 12.3 Å². The average Bonchev–Trinajstić information content (AvgIpc) is 2.48. The normalized spacial score (nSPS) is 18.4. The highest BCUT2D eigenvalue weighted by atomic mass is 14.7. The zero-order chi connectivity index (χ0) is 13.5. The summed E-state index contributed by atoms with van der Waals surface area (Å²) < 4.78 is 0. The van der Waals surface area contributed by atoms with Gasteiger partial charge in [0.25, 0.3) is 0 Å². The molecule has 98 valence electrons. The molecule has 2 aromatic carbocycles. The van der Waals surface area contributed by atoms with Crippen molar-refractivity contribution in [2.75, 3.05) is 0 Å². The third-order valence-electron chi connectivity index (χ3n) is 4.35. The number of fused-ring (bicyclic) bond motifs is 2. The van der Waals surface area contributed by atoms with Gasteiger partial charge in [0.15, 0.2) is 0 Å². The van der Waals surface area contributed by atoms with Crippen molar-refractivity contribution < 1.29 is 0 Å². The summed E-state index contributed by atoms with van der Waals surface area (Å²) in [6.45, 7) is 0. The summed E-state index contributed by atoms with van der Waals surface area (Å²) in [5, 5.41) is 1.16. The van der Waals surface area contributed by atoms with Gasteiger partial charge in [-0.2, -0.15) is 0 Å². The smallest absolute Gasteiger partial charge is 0.0749 e. The van der Waals surface area contributed by atoms with Crippen molar-refractivity contribution in [1.29, 1.82) is 0 Å². The molecule has 0 radical (unpaired) electrons. The summed E-state index contributed by atoms with van der Waals surface area (Å²) in [6.07, 6.45) is 2.91. The van der Waals surface area contributed by atoms with Crippen LogP contribution in [0.1, 0.15) is 28.7 Å². The molecule has 4 rings (SSSR count).